The average Bonchev–Trinajstić information content (AvgIpc) is 2.89. The molecule has 0 saturated carbocycles. The van der Waals surface area contributed by atoms with E-state index in [-0.39, 0.29) is 5.91 Å². The number of carbonyl (C=O) groups excluding carboxylic acids is 1. The van der Waals surface area contributed by atoms with Crippen LogP contribution < -0.4 is 15.8 Å². The zero-order valence-electron chi connectivity index (χ0n) is 11.6. The van der Waals surface area contributed by atoms with E-state index < -0.39 is 0 Å². The number of amides is 1. The fourth-order valence-electron chi connectivity index (χ4n) is 1.72. The molecule has 0 radical (unpaired) electrons. The summed E-state index contributed by atoms with van der Waals surface area (Å²) in [7, 11) is 0. The van der Waals surface area contributed by atoms with Gasteiger partial charge in [-0.05, 0) is 32.0 Å². The van der Waals surface area contributed by atoms with E-state index in [9.17, 15) is 4.79 Å². The van der Waals surface area contributed by atoms with Gasteiger partial charge >= 0.3 is 0 Å². The molecule has 0 saturated heterocycles. The number of carbonyl (C=O) groups is 1. The van der Waals surface area contributed by atoms with Crippen LogP contribution in [0.2, 0.25) is 0 Å². The maximum absolute atomic E-state index is 11.8. The molecular formula is C14H18N4O2. The minimum absolute atomic E-state index is 0.151. The van der Waals surface area contributed by atoms with Gasteiger partial charge in [-0.2, -0.15) is 5.10 Å². The number of hydrogen-bond acceptors (Lipinski definition) is 4. The minimum Gasteiger partial charge on any atom is -0.452 e. The van der Waals surface area contributed by atoms with E-state index in [2.05, 4.69) is 10.4 Å². The second-order valence-corrected chi connectivity index (χ2v) is 4.25. The van der Waals surface area contributed by atoms with Crippen molar-refractivity contribution in [2.45, 2.75) is 20.4 Å². The zero-order chi connectivity index (χ0) is 14.5. The standard InChI is InChI=1S/C14H18N4O2/c1-3-16-14(19)10-5-6-12(15)13(7-10)20-11-8-17-18(4-2)9-11/h5-9H,3-4,15H2,1-2H3,(H,16,19). The summed E-state index contributed by atoms with van der Waals surface area (Å²) in [5.74, 6) is 0.887. The van der Waals surface area contributed by atoms with Crippen molar-refractivity contribution in [3.63, 3.8) is 0 Å². The van der Waals surface area contributed by atoms with Crippen LogP contribution in [-0.2, 0) is 6.54 Å². The van der Waals surface area contributed by atoms with E-state index in [0.29, 0.717) is 29.3 Å². The predicted octanol–water partition coefficient (Wildman–Crippen LogP) is 2.03. The lowest BCUT2D eigenvalue weighted by Crippen LogP contribution is -2.22. The first-order chi connectivity index (χ1) is 9.63. The van der Waals surface area contributed by atoms with Gasteiger partial charge in [-0.3, -0.25) is 9.48 Å². The number of benzene rings is 1. The molecule has 0 unspecified atom stereocenters. The van der Waals surface area contributed by atoms with Crippen LogP contribution >= 0.6 is 0 Å². The fraction of sp³-hybridized carbons (Fsp3) is 0.286. The molecule has 0 bridgehead atoms. The van der Waals surface area contributed by atoms with Gasteiger partial charge in [0.15, 0.2) is 11.5 Å². The molecule has 6 nitrogen and oxygen atoms in total. The first kappa shape index (κ1) is 13.9. The summed E-state index contributed by atoms with van der Waals surface area (Å²) in [5, 5.41) is 6.85. The van der Waals surface area contributed by atoms with E-state index in [1.807, 2.05) is 13.8 Å². The van der Waals surface area contributed by atoms with Crippen molar-refractivity contribution in [1.29, 1.82) is 0 Å². The quantitative estimate of drug-likeness (QED) is 0.817. The van der Waals surface area contributed by atoms with Crippen molar-refractivity contribution in [3.05, 3.63) is 36.2 Å². The molecular weight excluding hydrogens is 256 g/mol. The van der Waals surface area contributed by atoms with Gasteiger partial charge in [0.25, 0.3) is 5.91 Å². The number of nitrogens with zero attached hydrogens (tertiary/aromatic N) is 2. The van der Waals surface area contributed by atoms with Crippen molar-refractivity contribution in [1.82, 2.24) is 15.1 Å². The summed E-state index contributed by atoms with van der Waals surface area (Å²) < 4.78 is 7.42. The first-order valence-electron chi connectivity index (χ1n) is 6.52. The van der Waals surface area contributed by atoms with Gasteiger partial charge in [0.05, 0.1) is 18.1 Å². The Kier molecular flexibility index (Phi) is 4.24. The van der Waals surface area contributed by atoms with Crippen LogP contribution in [0.1, 0.15) is 24.2 Å². The SMILES string of the molecule is CCNC(=O)c1ccc(N)c(Oc2cnn(CC)c2)c1. The Balaban J connectivity index is 2.22. The lowest BCUT2D eigenvalue weighted by molar-refractivity contribution is 0.0955. The van der Waals surface area contributed by atoms with Crippen LogP contribution in [0.25, 0.3) is 0 Å². The highest BCUT2D eigenvalue weighted by Gasteiger charge is 2.10. The van der Waals surface area contributed by atoms with Crippen LogP contribution in [0, 0.1) is 0 Å². The third kappa shape index (κ3) is 3.09. The third-order valence-corrected chi connectivity index (χ3v) is 2.77. The molecule has 6 heteroatoms. The highest BCUT2D eigenvalue weighted by molar-refractivity contribution is 5.95. The molecule has 1 heterocycles. The zero-order valence-corrected chi connectivity index (χ0v) is 11.6. The Morgan fingerprint density at radius 3 is 2.90 bits per heavy atom. The molecule has 3 N–H and O–H groups in total. The largest absolute Gasteiger partial charge is 0.452 e. The highest BCUT2D eigenvalue weighted by atomic mass is 16.5. The topological polar surface area (TPSA) is 82.2 Å². The smallest absolute Gasteiger partial charge is 0.251 e. The van der Waals surface area contributed by atoms with E-state index in [1.165, 1.54) is 0 Å². The molecule has 0 spiro atoms. The summed E-state index contributed by atoms with van der Waals surface area (Å²) in [4.78, 5) is 11.8. The number of nitrogens with one attached hydrogen (secondary N) is 1. The summed E-state index contributed by atoms with van der Waals surface area (Å²) >= 11 is 0. The number of ether oxygens (including phenoxy) is 1. The number of rotatable bonds is 5. The molecule has 0 aliphatic heterocycles. The van der Waals surface area contributed by atoms with Crippen molar-refractivity contribution in [2.24, 2.45) is 0 Å². The number of anilines is 1. The monoisotopic (exact) mass is 274 g/mol. The summed E-state index contributed by atoms with van der Waals surface area (Å²) in [5.41, 5.74) is 6.85. The van der Waals surface area contributed by atoms with Crippen LogP contribution in [0.3, 0.4) is 0 Å². The van der Waals surface area contributed by atoms with E-state index in [4.69, 9.17) is 10.5 Å². The minimum atomic E-state index is -0.151. The predicted molar refractivity (Wildman–Crippen MR) is 76.8 cm³/mol. The molecule has 2 aromatic rings. The van der Waals surface area contributed by atoms with Crippen LogP contribution in [0.4, 0.5) is 5.69 Å². The van der Waals surface area contributed by atoms with Crippen molar-refractivity contribution in [2.75, 3.05) is 12.3 Å². The van der Waals surface area contributed by atoms with Crippen molar-refractivity contribution >= 4 is 11.6 Å². The van der Waals surface area contributed by atoms with Crippen LogP contribution in [-0.4, -0.2) is 22.2 Å². The van der Waals surface area contributed by atoms with Gasteiger partial charge in [0.1, 0.15) is 0 Å². The van der Waals surface area contributed by atoms with Crippen LogP contribution in [0.5, 0.6) is 11.5 Å². The summed E-state index contributed by atoms with van der Waals surface area (Å²) in [6, 6.07) is 4.95. The van der Waals surface area contributed by atoms with Gasteiger partial charge in [-0.25, -0.2) is 0 Å². The second-order valence-electron chi connectivity index (χ2n) is 4.25. The Labute approximate surface area is 117 Å². The normalized spacial score (nSPS) is 10.3. The lowest BCUT2D eigenvalue weighted by Gasteiger charge is -2.09. The summed E-state index contributed by atoms with van der Waals surface area (Å²) in [6.45, 7) is 5.19. The van der Waals surface area contributed by atoms with Gasteiger partial charge in [-0.15, -0.1) is 0 Å². The number of aryl methyl sites for hydroxylation is 1. The molecule has 1 amide bonds. The molecule has 1 aromatic carbocycles. The third-order valence-electron chi connectivity index (χ3n) is 2.77. The molecule has 0 fully saturated rings. The van der Waals surface area contributed by atoms with E-state index >= 15 is 0 Å². The van der Waals surface area contributed by atoms with Gasteiger partial charge in [-0.1, -0.05) is 0 Å². The Bertz CT molecular complexity index is 607. The molecule has 20 heavy (non-hydrogen) atoms. The molecule has 0 aliphatic rings. The Morgan fingerprint density at radius 2 is 2.25 bits per heavy atom. The maximum atomic E-state index is 11.8. The highest BCUT2D eigenvalue weighted by Crippen LogP contribution is 2.28. The van der Waals surface area contributed by atoms with Crippen LogP contribution in [0.15, 0.2) is 30.6 Å². The number of nitrogens with two attached hydrogens (primary N) is 1. The molecule has 0 aliphatic carbocycles. The molecule has 0 atom stereocenters. The van der Waals surface area contributed by atoms with E-state index in [0.717, 1.165) is 6.54 Å². The van der Waals surface area contributed by atoms with Gasteiger partial charge in [0.2, 0.25) is 0 Å². The average molecular weight is 274 g/mol. The number of hydrogen-bond donors (Lipinski definition) is 2. The first-order valence-corrected chi connectivity index (χ1v) is 6.52. The number of nitrogen functional groups attached to an aromatic ring is 1. The molecule has 106 valence electrons. The fourth-order valence-corrected chi connectivity index (χ4v) is 1.72. The Morgan fingerprint density at radius 1 is 1.45 bits per heavy atom. The van der Waals surface area contributed by atoms with Crippen molar-refractivity contribution < 1.29 is 9.53 Å². The van der Waals surface area contributed by atoms with Crippen molar-refractivity contribution in [3.8, 4) is 11.5 Å². The van der Waals surface area contributed by atoms with Gasteiger partial charge in [0, 0.05) is 18.7 Å². The second kappa shape index (κ2) is 6.10. The lowest BCUT2D eigenvalue weighted by atomic mass is 10.2. The van der Waals surface area contributed by atoms with Gasteiger partial charge < -0.3 is 15.8 Å². The molecule has 1 aromatic heterocycles. The Hall–Kier alpha value is -2.50. The maximum Gasteiger partial charge on any atom is 0.251 e. The number of aromatic nitrogens is 2. The van der Waals surface area contributed by atoms with E-state index in [1.54, 1.807) is 35.3 Å². The molecule has 2 rings (SSSR count). The summed E-state index contributed by atoms with van der Waals surface area (Å²) in [6.07, 6.45) is 3.39.